The third kappa shape index (κ3) is 2.38. The minimum Gasteiger partial charge on any atom is -0.342 e. The summed E-state index contributed by atoms with van der Waals surface area (Å²) in [7, 11) is 0. The van der Waals surface area contributed by atoms with E-state index in [1.165, 1.54) is 12.8 Å². The normalized spacial score (nSPS) is 18.0. The van der Waals surface area contributed by atoms with Crippen LogP contribution in [0.1, 0.15) is 26.7 Å². The number of hydrogen-bond acceptors (Lipinski definition) is 3. The van der Waals surface area contributed by atoms with Crippen molar-refractivity contribution in [2.45, 2.75) is 39.3 Å². The highest BCUT2D eigenvalue weighted by Gasteiger charge is 2.20. The van der Waals surface area contributed by atoms with E-state index >= 15 is 0 Å². The first kappa shape index (κ1) is 11.5. The first-order chi connectivity index (χ1) is 7.85. The molecule has 1 fully saturated rings. The van der Waals surface area contributed by atoms with Gasteiger partial charge in [-0.3, -0.25) is 0 Å². The highest BCUT2D eigenvalue weighted by molar-refractivity contribution is 5.32. The van der Waals surface area contributed by atoms with E-state index in [-0.39, 0.29) is 0 Å². The molecule has 2 rings (SSSR count). The number of nitrogens with zero attached hydrogens (tertiary/aromatic N) is 3. The molecular formula is C12H22N4. The second kappa shape index (κ2) is 5.34. The number of rotatable bonds is 4. The number of aromatic nitrogens is 2. The zero-order chi connectivity index (χ0) is 11.4. The van der Waals surface area contributed by atoms with E-state index in [9.17, 15) is 0 Å². The Labute approximate surface area is 97.7 Å². The van der Waals surface area contributed by atoms with Gasteiger partial charge >= 0.3 is 0 Å². The molecule has 1 aromatic heterocycles. The van der Waals surface area contributed by atoms with Gasteiger partial charge in [0, 0.05) is 38.1 Å². The van der Waals surface area contributed by atoms with Gasteiger partial charge in [-0.05, 0) is 26.3 Å². The van der Waals surface area contributed by atoms with Crippen LogP contribution < -0.4 is 10.2 Å². The summed E-state index contributed by atoms with van der Waals surface area (Å²) in [5, 5.41) is 3.53. The molecule has 0 radical (unpaired) electrons. The summed E-state index contributed by atoms with van der Waals surface area (Å²) in [6.07, 6.45) is 6.41. The number of imidazole rings is 1. The highest BCUT2D eigenvalue weighted by Crippen LogP contribution is 2.18. The van der Waals surface area contributed by atoms with Crippen molar-refractivity contribution in [2.24, 2.45) is 0 Å². The molecule has 0 saturated carbocycles. The van der Waals surface area contributed by atoms with Crippen molar-refractivity contribution in [1.29, 1.82) is 0 Å². The van der Waals surface area contributed by atoms with Crippen molar-refractivity contribution in [3.05, 3.63) is 12.4 Å². The average Bonchev–Trinajstić information content (AvgIpc) is 2.78. The maximum absolute atomic E-state index is 4.45. The Kier molecular flexibility index (Phi) is 3.83. The Morgan fingerprint density at radius 2 is 2.12 bits per heavy atom. The van der Waals surface area contributed by atoms with E-state index in [4.69, 9.17) is 0 Å². The van der Waals surface area contributed by atoms with Crippen molar-refractivity contribution < 1.29 is 0 Å². The Balaban J connectivity index is 1.93. The van der Waals surface area contributed by atoms with Crippen LogP contribution >= 0.6 is 0 Å². The fraction of sp³-hybridized carbons (Fsp3) is 0.750. The lowest BCUT2D eigenvalue weighted by Gasteiger charge is -2.33. The molecule has 2 heterocycles. The van der Waals surface area contributed by atoms with Crippen LogP contribution in [-0.2, 0) is 6.54 Å². The van der Waals surface area contributed by atoms with E-state index in [1.54, 1.807) is 0 Å². The summed E-state index contributed by atoms with van der Waals surface area (Å²) in [5.74, 6) is 1.14. The molecule has 1 saturated heterocycles. The monoisotopic (exact) mass is 222 g/mol. The van der Waals surface area contributed by atoms with Gasteiger partial charge in [0.1, 0.15) is 0 Å². The SMILES string of the molecule is CCNC1CCN(c2nccn2CC)CC1. The minimum absolute atomic E-state index is 0.700. The molecule has 0 bridgehead atoms. The number of anilines is 1. The van der Waals surface area contributed by atoms with E-state index in [2.05, 4.69) is 39.8 Å². The van der Waals surface area contributed by atoms with Crippen LogP contribution in [0.4, 0.5) is 5.95 Å². The van der Waals surface area contributed by atoms with Crippen LogP contribution in [0.3, 0.4) is 0 Å². The molecule has 0 atom stereocenters. The summed E-state index contributed by atoms with van der Waals surface area (Å²) in [4.78, 5) is 6.85. The molecule has 0 aliphatic carbocycles. The van der Waals surface area contributed by atoms with Crippen LogP contribution in [0, 0.1) is 0 Å². The van der Waals surface area contributed by atoms with Gasteiger partial charge in [-0.25, -0.2) is 4.98 Å². The Morgan fingerprint density at radius 1 is 1.38 bits per heavy atom. The summed E-state index contributed by atoms with van der Waals surface area (Å²) in [6.45, 7) is 8.66. The molecule has 0 unspecified atom stereocenters. The van der Waals surface area contributed by atoms with Gasteiger partial charge in [0.25, 0.3) is 0 Å². The van der Waals surface area contributed by atoms with Crippen LogP contribution in [0.25, 0.3) is 0 Å². The van der Waals surface area contributed by atoms with E-state index in [0.717, 1.165) is 32.1 Å². The third-order valence-electron chi connectivity index (χ3n) is 3.30. The molecule has 0 spiro atoms. The van der Waals surface area contributed by atoms with E-state index in [0.29, 0.717) is 6.04 Å². The lowest BCUT2D eigenvalue weighted by atomic mass is 10.1. The van der Waals surface area contributed by atoms with E-state index in [1.807, 2.05) is 6.20 Å². The second-order valence-corrected chi connectivity index (χ2v) is 4.33. The second-order valence-electron chi connectivity index (χ2n) is 4.33. The maximum atomic E-state index is 4.45. The van der Waals surface area contributed by atoms with Gasteiger partial charge < -0.3 is 14.8 Å². The van der Waals surface area contributed by atoms with Gasteiger partial charge in [-0.1, -0.05) is 6.92 Å². The zero-order valence-electron chi connectivity index (χ0n) is 10.3. The smallest absolute Gasteiger partial charge is 0.205 e. The van der Waals surface area contributed by atoms with Crippen molar-refractivity contribution >= 4 is 5.95 Å². The van der Waals surface area contributed by atoms with Crippen molar-refractivity contribution in [3.8, 4) is 0 Å². The van der Waals surface area contributed by atoms with E-state index < -0.39 is 0 Å². The van der Waals surface area contributed by atoms with Crippen molar-refractivity contribution in [3.63, 3.8) is 0 Å². The van der Waals surface area contributed by atoms with Gasteiger partial charge in [-0.15, -0.1) is 0 Å². The Hall–Kier alpha value is -1.03. The number of aryl methyl sites for hydroxylation is 1. The van der Waals surface area contributed by atoms with Crippen LogP contribution in [0.5, 0.6) is 0 Å². The molecule has 0 amide bonds. The topological polar surface area (TPSA) is 33.1 Å². The van der Waals surface area contributed by atoms with Crippen LogP contribution in [-0.4, -0.2) is 35.2 Å². The molecule has 0 aromatic carbocycles. The number of hydrogen-bond donors (Lipinski definition) is 1. The first-order valence-electron chi connectivity index (χ1n) is 6.34. The maximum Gasteiger partial charge on any atom is 0.205 e. The van der Waals surface area contributed by atoms with Gasteiger partial charge in [0.15, 0.2) is 0 Å². The van der Waals surface area contributed by atoms with Gasteiger partial charge in [0.05, 0.1) is 0 Å². The van der Waals surface area contributed by atoms with Crippen molar-refractivity contribution in [2.75, 3.05) is 24.5 Å². The zero-order valence-corrected chi connectivity index (χ0v) is 10.3. The first-order valence-corrected chi connectivity index (χ1v) is 6.34. The average molecular weight is 222 g/mol. The fourth-order valence-corrected chi connectivity index (χ4v) is 2.40. The lowest BCUT2D eigenvalue weighted by Crippen LogP contribution is -2.43. The molecule has 4 nitrogen and oxygen atoms in total. The summed E-state index contributed by atoms with van der Waals surface area (Å²) < 4.78 is 2.22. The third-order valence-corrected chi connectivity index (χ3v) is 3.30. The highest BCUT2D eigenvalue weighted by atomic mass is 15.3. The minimum atomic E-state index is 0.700. The molecule has 1 aliphatic heterocycles. The summed E-state index contributed by atoms with van der Waals surface area (Å²) in [6, 6.07) is 0.700. The van der Waals surface area contributed by atoms with Gasteiger partial charge in [0.2, 0.25) is 5.95 Å². The van der Waals surface area contributed by atoms with Crippen LogP contribution in [0.15, 0.2) is 12.4 Å². The standard InChI is InChI=1S/C12H22N4/c1-3-13-11-5-8-16(9-6-11)12-14-7-10-15(12)4-2/h7,10-11,13H,3-6,8-9H2,1-2H3. The number of piperidine rings is 1. The molecule has 90 valence electrons. The Morgan fingerprint density at radius 3 is 2.75 bits per heavy atom. The molecule has 1 aromatic rings. The predicted molar refractivity (Wildman–Crippen MR) is 66.8 cm³/mol. The predicted octanol–water partition coefficient (Wildman–Crippen LogP) is 1.48. The molecule has 1 aliphatic rings. The molecule has 16 heavy (non-hydrogen) atoms. The van der Waals surface area contributed by atoms with Crippen molar-refractivity contribution in [1.82, 2.24) is 14.9 Å². The molecular weight excluding hydrogens is 200 g/mol. The van der Waals surface area contributed by atoms with Crippen LogP contribution in [0.2, 0.25) is 0 Å². The lowest BCUT2D eigenvalue weighted by molar-refractivity contribution is 0.418. The molecule has 4 heteroatoms. The van der Waals surface area contributed by atoms with Gasteiger partial charge in [-0.2, -0.15) is 0 Å². The summed E-state index contributed by atoms with van der Waals surface area (Å²) in [5.41, 5.74) is 0. The Bertz CT molecular complexity index is 313. The summed E-state index contributed by atoms with van der Waals surface area (Å²) >= 11 is 0. The number of nitrogens with one attached hydrogen (secondary N) is 1. The fourth-order valence-electron chi connectivity index (χ4n) is 2.40. The quantitative estimate of drug-likeness (QED) is 0.837. The largest absolute Gasteiger partial charge is 0.342 e. The molecule has 1 N–H and O–H groups in total.